The van der Waals surface area contributed by atoms with Gasteiger partial charge in [-0.15, -0.1) is 10.2 Å². The number of rotatable bonds is 5. The molecule has 4 rings (SSSR count). The van der Waals surface area contributed by atoms with Gasteiger partial charge in [-0.05, 0) is 32.4 Å². The molecular weight excluding hydrogens is 409 g/mol. The topological polar surface area (TPSA) is 76.8 Å². The minimum absolute atomic E-state index is 0.0247. The van der Waals surface area contributed by atoms with E-state index in [4.69, 9.17) is 0 Å². The third-order valence-corrected chi connectivity index (χ3v) is 5.31. The summed E-state index contributed by atoms with van der Waals surface area (Å²) < 4.78 is 40.1. The lowest BCUT2D eigenvalue weighted by atomic mass is 10.0. The van der Waals surface area contributed by atoms with Crippen LogP contribution in [0, 0.1) is 0 Å². The molecule has 7 nitrogen and oxygen atoms in total. The molecule has 0 N–H and O–H groups in total. The van der Waals surface area contributed by atoms with Crippen molar-refractivity contribution in [3.05, 3.63) is 59.6 Å². The Kier molecular flexibility index (Phi) is 5.24. The van der Waals surface area contributed by atoms with E-state index in [1.165, 1.54) is 12.1 Å². The molecule has 31 heavy (non-hydrogen) atoms. The summed E-state index contributed by atoms with van der Waals surface area (Å²) in [7, 11) is 0. The number of carbonyl (C=O) groups is 1. The number of hydrogen-bond acceptors (Lipinski definition) is 6. The maximum absolute atomic E-state index is 12.8. The Bertz CT molecular complexity index is 1110. The normalized spacial score (nSPS) is 15.7. The number of benzene rings is 1. The Hall–Kier alpha value is -3.30. The van der Waals surface area contributed by atoms with Crippen molar-refractivity contribution in [2.45, 2.75) is 51.9 Å². The molecule has 0 spiro atoms. The van der Waals surface area contributed by atoms with Gasteiger partial charge in [-0.2, -0.15) is 13.2 Å². The Labute approximate surface area is 177 Å². The van der Waals surface area contributed by atoms with Gasteiger partial charge in [-0.25, -0.2) is 9.97 Å². The molecule has 1 unspecified atom stereocenters. The van der Waals surface area contributed by atoms with E-state index in [9.17, 15) is 18.0 Å². The van der Waals surface area contributed by atoms with Gasteiger partial charge in [0, 0.05) is 11.6 Å². The summed E-state index contributed by atoms with van der Waals surface area (Å²) in [6.45, 7) is 6.15. The molecular formula is C21H21F3N6O. The first kappa shape index (κ1) is 21.0. The molecule has 0 fully saturated rings. The number of halogens is 3. The zero-order valence-electron chi connectivity index (χ0n) is 17.3. The van der Waals surface area contributed by atoms with Crippen LogP contribution in [0.4, 0.5) is 19.0 Å². The first-order chi connectivity index (χ1) is 14.7. The summed E-state index contributed by atoms with van der Waals surface area (Å²) in [5.74, 6) is 1.44. The van der Waals surface area contributed by atoms with Crippen LogP contribution >= 0.6 is 0 Å². The van der Waals surface area contributed by atoms with Crippen molar-refractivity contribution in [2.75, 3.05) is 4.90 Å². The van der Waals surface area contributed by atoms with E-state index in [0.29, 0.717) is 11.6 Å². The van der Waals surface area contributed by atoms with Crippen molar-refractivity contribution in [1.82, 2.24) is 24.7 Å². The number of fused-ring (bicyclic) bond motifs is 3. The molecule has 0 amide bonds. The van der Waals surface area contributed by atoms with Gasteiger partial charge in [-0.3, -0.25) is 9.36 Å². The molecule has 1 aromatic carbocycles. The van der Waals surface area contributed by atoms with Gasteiger partial charge in [0.25, 0.3) is 0 Å². The zero-order valence-corrected chi connectivity index (χ0v) is 17.3. The third-order valence-electron chi connectivity index (χ3n) is 5.31. The van der Waals surface area contributed by atoms with E-state index in [2.05, 4.69) is 32.0 Å². The van der Waals surface area contributed by atoms with Gasteiger partial charge in [-0.1, -0.05) is 19.1 Å². The monoisotopic (exact) mass is 430 g/mol. The van der Waals surface area contributed by atoms with Crippen molar-refractivity contribution in [1.29, 1.82) is 0 Å². The van der Waals surface area contributed by atoms with Crippen LogP contribution in [-0.2, 0) is 12.6 Å². The highest BCUT2D eigenvalue weighted by Crippen LogP contribution is 2.39. The molecule has 0 saturated carbocycles. The number of aromatic nitrogens is 5. The number of anilines is 1. The summed E-state index contributed by atoms with van der Waals surface area (Å²) in [6, 6.07) is 4.26. The highest BCUT2D eigenvalue weighted by molar-refractivity contribution is 5.97. The number of nitrogens with zero attached hydrogens (tertiary/aromatic N) is 6. The quantitative estimate of drug-likeness (QED) is 0.565. The van der Waals surface area contributed by atoms with Gasteiger partial charge >= 0.3 is 6.18 Å². The highest BCUT2D eigenvalue weighted by Gasteiger charge is 2.35. The minimum atomic E-state index is -4.44. The largest absolute Gasteiger partial charge is 0.416 e. The second kappa shape index (κ2) is 7.75. The molecule has 0 bridgehead atoms. The molecule has 0 radical (unpaired) electrons. The van der Waals surface area contributed by atoms with Crippen LogP contribution < -0.4 is 4.90 Å². The lowest BCUT2D eigenvalue weighted by Crippen LogP contribution is -2.40. The van der Waals surface area contributed by atoms with Gasteiger partial charge in [0.05, 0.1) is 24.2 Å². The number of hydrogen-bond donors (Lipinski definition) is 0. The van der Waals surface area contributed by atoms with E-state index in [-0.39, 0.29) is 29.9 Å². The number of carbonyl (C=O) groups excluding carboxylic acids is 1. The van der Waals surface area contributed by atoms with Crippen LogP contribution in [0.3, 0.4) is 0 Å². The third kappa shape index (κ3) is 3.77. The fourth-order valence-corrected chi connectivity index (χ4v) is 3.85. The molecule has 2 aromatic heterocycles. The van der Waals surface area contributed by atoms with Crippen molar-refractivity contribution in [2.24, 2.45) is 0 Å². The average Bonchev–Trinajstić information content (AvgIpc) is 3.21. The summed E-state index contributed by atoms with van der Waals surface area (Å²) in [4.78, 5) is 23.7. The summed E-state index contributed by atoms with van der Waals surface area (Å²) in [5.41, 5.74) is 0.115. The van der Waals surface area contributed by atoms with E-state index >= 15 is 0 Å². The first-order valence-electron chi connectivity index (χ1n) is 9.95. The maximum Gasteiger partial charge on any atom is 0.416 e. The Morgan fingerprint density at radius 3 is 2.52 bits per heavy atom. The smallest absolute Gasteiger partial charge is 0.342 e. The fraction of sp³-hybridized carbons (Fsp3) is 0.381. The van der Waals surface area contributed by atoms with Crippen LogP contribution in [0.1, 0.15) is 60.8 Å². The highest BCUT2D eigenvalue weighted by atomic mass is 19.4. The lowest BCUT2D eigenvalue weighted by molar-refractivity contribution is -0.137. The van der Waals surface area contributed by atoms with E-state index in [1.807, 2.05) is 18.4 Å². The molecule has 1 aliphatic rings. The standard InChI is InChI=1S/C21H21F3N6O/c1-4-15-20-28-26-11-29(20)16-10-25-18(27-19(16)30(15)12(2)3)9-17(31)13-5-7-14(8-6-13)21(22,23)24/h5-8,10-12,15H,4,9H2,1-3H3. The predicted octanol–water partition coefficient (Wildman–Crippen LogP) is 4.18. The minimum Gasteiger partial charge on any atom is -0.342 e. The van der Waals surface area contributed by atoms with Crippen molar-refractivity contribution >= 4 is 11.6 Å². The van der Waals surface area contributed by atoms with Crippen molar-refractivity contribution in [3.63, 3.8) is 0 Å². The Morgan fingerprint density at radius 1 is 1.19 bits per heavy atom. The van der Waals surface area contributed by atoms with Crippen LogP contribution in [0.2, 0.25) is 0 Å². The van der Waals surface area contributed by atoms with Crippen molar-refractivity contribution < 1.29 is 18.0 Å². The molecule has 3 heterocycles. The van der Waals surface area contributed by atoms with E-state index in [0.717, 1.165) is 30.1 Å². The Balaban J connectivity index is 1.65. The van der Waals surface area contributed by atoms with E-state index < -0.39 is 11.7 Å². The maximum atomic E-state index is 12.8. The lowest BCUT2D eigenvalue weighted by Gasteiger charge is -2.39. The zero-order chi connectivity index (χ0) is 22.3. The SMILES string of the molecule is CCC1c2nncn2-c2cnc(CC(=O)c3ccc(C(F)(F)F)cc3)nc2N1C(C)C. The predicted molar refractivity (Wildman–Crippen MR) is 107 cm³/mol. The second-order valence-electron chi connectivity index (χ2n) is 7.65. The van der Waals surface area contributed by atoms with Gasteiger partial charge in [0.15, 0.2) is 17.4 Å². The molecule has 10 heteroatoms. The summed E-state index contributed by atoms with van der Waals surface area (Å²) in [5, 5.41) is 8.28. The van der Waals surface area contributed by atoms with Crippen LogP contribution in [0.25, 0.3) is 5.69 Å². The van der Waals surface area contributed by atoms with Crippen LogP contribution in [0.15, 0.2) is 36.8 Å². The van der Waals surface area contributed by atoms with E-state index in [1.54, 1.807) is 12.5 Å². The Morgan fingerprint density at radius 2 is 1.90 bits per heavy atom. The van der Waals surface area contributed by atoms with Gasteiger partial charge in [0.2, 0.25) is 0 Å². The van der Waals surface area contributed by atoms with Crippen molar-refractivity contribution in [3.8, 4) is 5.69 Å². The van der Waals surface area contributed by atoms with Gasteiger partial charge < -0.3 is 4.90 Å². The van der Waals surface area contributed by atoms with Crippen LogP contribution in [-0.4, -0.2) is 36.6 Å². The summed E-state index contributed by atoms with van der Waals surface area (Å²) in [6.07, 6.45) is -0.520. The fourth-order valence-electron chi connectivity index (χ4n) is 3.85. The number of Topliss-reactive ketones (excluding diaryl/α,β-unsaturated/α-hetero) is 1. The molecule has 1 atom stereocenters. The first-order valence-corrected chi connectivity index (χ1v) is 9.95. The number of alkyl halides is 3. The second-order valence-corrected chi connectivity index (χ2v) is 7.65. The molecule has 162 valence electrons. The molecule has 0 saturated heterocycles. The van der Waals surface area contributed by atoms with Crippen LogP contribution in [0.5, 0.6) is 0 Å². The molecule has 0 aliphatic carbocycles. The molecule has 1 aliphatic heterocycles. The average molecular weight is 430 g/mol. The van der Waals surface area contributed by atoms with Gasteiger partial charge in [0.1, 0.15) is 17.8 Å². The number of ketones is 1. The molecule has 3 aromatic rings. The summed E-state index contributed by atoms with van der Waals surface area (Å²) >= 11 is 0.